The number of ketones is 1. The van der Waals surface area contributed by atoms with E-state index in [1.165, 1.54) is 11.5 Å². The Kier molecular flexibility index (Phi) is 4.27. The van der Waals surface area contributed by atoms with Gasteiger partial charge >= 0.3 is 5.69 Å². The maximum absolute atomic E-state index is 13.2. The lowest BCUT2D eigenvalue weighted by Gasteiger charge is -2.12. The van der Waals surface area contributed by atoms with Crippen LogP contribution in [0.2, 0.25) is 5.02 Å². The number of carbonyl (C=O) groups is 1. The van der Waals surface area contributed by atoms with Crippen molar-refractivity contribution in [2.24, 2.45) is 7.05 Å². The second-order valence-electron chi connectivity index (χ2n) is 7.25. The molecular formula is C20H20ClN5O3. The largest absolute Gasteiger partial charge is 0.333 e. The maximum Gasteiger partial charge on any atom is 0.333 e. The molecule has 4 aromatic rings. The Morgan fingerprint density at radius 1 is 1.21 bits per heavy atom. The number of Topliss-reactive ketones (excluding diaryl/α,β-unsaturated/α-hetero) is 1. The van der Waals surface area contributed by atoms with Crippen LogP contribution in [0.5, 0.6) is 0 Å². The van der Waals surface area contributed by atoms with Gasteiger partial charge < -0.3 is 0 Å². The average molecular weight is 414 g/mol. The van der Waals surface area contributed by atoms with Gasteiger partial charge in [0.2, 0.25) is 5.78 Å². The molecule has 8 nitrogen and oxygen atoms in total. The maximum atomic E-state index is 13.2. The first-order chi connectivity index (χ1) is 13.6. The highest BCUT2D eigenvalue weighted by atomic mass is 35.5. The lowest BCUT2D eigenvalue weighted by Crippen LogP contribution is -2.42. The van der Waals surface area contributed by atoms with Crippen LogP contribution in [0, 0.1) is 13.8 Å². The molecule has 0 fully saturated rings. The number of aromatic nitrogens is 5. The van der Waals surface area contributed by atoms with E-state index in [-0.39, 0.29) is 16.9 Å². The van der Waals surface area contributed by atoms with E-state index in [4.69, 9.17) is 11.6 Å². The highest BCUT2D eigenvalue weighted by Gasteiger charge is 2.24. The van der Waals surface area contributed by atoms with Crippen LogP contribution >= 0.6 is 11.6 Å². The van der Waals surface area contributed by atoms with Crippen LogP contribution in [-0.4, -0.2) is 28.9 Å². The first-order valence-corrected chi connectivity index (χ1v) is 9.50. The molecule has 29 heavy (non-hydrogen) atoms. The summed E-state index contributed by atoms with van der Waals surface area (Å²) in [6, 6.07) is 4.71. The summed E-state index contributed by atoms with van der Waals surface area (Å²) in [6.07, 6.45) is 1.79. The van der Waals surface area contributed by atoms with Crippen LogP contribution in [0.15, 0.2) is 34.0 Å². The molecule has 0 radical (unpaired) electrons. The van der Waals surface area contributed by atoms with Gasteiger partial charge in [-0.15, -0.1) is 0 Å². The SMILES string of the molecule is CC(=O)[C@H](C)n1c(=O)c2c(nc3n(-c4cccc(Cl)c4C)c(C)cn23)n(C)c1=O. The molecule has 0 aliphatic carbocycles. The Balaban J connectivity index is 2.17. The molecule has 9 heteroatoms. The number of imidazole rings is 2. The molecule has 0 bridgehead atoms. The molecule has 0 saturated heterocycles. The number of benzene rings is 1. The Morgan fingerprint density at radius 3 is 2.55 bits per heavy atom. The summed E-state index contributed by atoms with van der Waals surface area (Å²) in [5.41, 5.74) is 1.94. The van der Waals surface area contributed by atoms with Gasteiger partial charge in [0, 0.05) is 24.0 Å². The first kappa shape index (κ1) is 19.2. The molecule has 4 rings (SSSR count). The van der Waals surface area contributed by atoms with Crippen LogP contribution in [-0.2, 0) is 11.8 Å². The standard InChI is InChI=1S/C20H20ClN5O3/c1-10-9-24-16-17(23(5)20(29)26(18(16)28)12(3)13(4)27)22-19(24)25(10)15-8-6-7-14(21)11(15)2/h6-9,12H,1-5H3/t12-/m0/s1. The number of carbonyl (C=O) groups excluding carboxylic acids is 1. The molecule has 1 atom stereocenters. The summed E-state index contributed by atoms with van der Waals surface area (Å²) in [7, 11) is 1.54. The molecule has 150 valence electrons. The van der Waals surface area contributed by atoms with Gasteiger partial charge in [-0.1, -0.05) is 17.7 Å². The molecule has 0 spiro atoms. The van der Waals surface area contributed by atoms with E-state index < -0.39 is 17.3 Å². The molecule has 0 saturated carbocycles. The minimum Gasteiger partial charge on any atom is -0.298 e. The molecule has 0 aliphatic heterocycles. The monoisotopic (exact) mass is 413 g/mol. The number of hydrogen-bond acceptors (Lipinski definition) is 4. The minimum absolute atomic E-state index is 0.247. The Bertz CT molecular complexity index is 1440. The first-order valence-electron chi connectivity index (χ1n) is 9.12. The normalized spacial score (nSPS) is 12.8. The van der Waals surface area contributed by atoms with Crippen molar-refractivity contribution in [2.45, 2.75) is 33.7 Å². The summed E-state index contributed by atoms with van der Waals surface area (Å²) in [4.78, 5) is 42.4. The van der Waals surface area contributed by atoms with Crippen LogP contribution in [0.1, 0.15) is 31.1 Å². The quantitative estimate of drug-likeness (QED) is 0.516. The van der Waals surface area contributed by atoms with E-state index in [0.717, 1.165) is 21.5 Å². The second kappa shape index (κ2) is 6.45. The molecule has 0 amide bonds. The van der Waals surface area contributed by atoms with Gasteiger partial charge in [-0.05, 0) is 45.4 Å². The third-order valence-electron chi connectivity index (χ3n) is 5.43. The molecule has 0 unspecified atom stereocenters. The number of hydrogen-bond donors (Lipinski definition) is 0. The highest BCUT2D eigenvalue weighted by molar-refractivity contribution is 6.31. The molecule has 1 aromatic carbocycles. The Morgan fingerprint density at radius 2 is 1.90 bits per heavy atom. The van der Waals surface area contributed by atoms with E-state index in [1.54, 1.807) is 24.6 Å². The third kappa shape index (κ3) is 2.59. The van der Waals surface area contributed by atoms with Crippen LogP contribution in [0.4, 0.5) is 0 Å². The number of aryl methyl sites for hydroxylation is 2. The predicted molar refractivity (Wildman–Crippen MR) is 111 cm³/mol. The Labute approximate surface area is 170 Å². The van der Waals surface area contributed by atoms with Gasteiger partial charge in [-0.25, -0.2) is 9.36 Å². The lowest BCUT2D eigenvalue weighted by atomic mass is 10.2. The van der Waals surface area contributed by atoms with Gasteiger partial charge in [0.05, 0.1) is 11.7 Å². The van der Waals surface area contributed by atoms with Crippen molar-refractivity contribution in [1.29, 1.82) is 0 Å². The van der Waals surface area contributed by atoms with Crippen molar-refractivity contribution in [2.75, 3.05) is 0 Å². The van der Waals surface area contributed by atoms with E-state index in [2.05, 4.69) is 4.98 Å². The molecular weight excluding hydrogens is 394 g/mol. The summed E-state index contributed by atoms with van der Waals surface area (Å²) in [6.45, 7) is 6.71. The summed E-state index contributed by atoms with van der Waals surface area (Å²) >= 11 is 6.30. The predicted octanol–water partition coefficient (Wildman–Crippen LogP) is 2.56. The van der Waals surface area contributed by atoms with Gasteiger partial charge in [-0.3, -0.25) is 23.1 Å². The zero-order valence-electron chi connectivity index (χ0n) is 16.7. The molecule has 3 aromatic heterocycles. The van der Waals surface area contributed by atoms with Crippen molar-refractivity contribution in [3.8, 4) is 5.69 Å². The fraction of sp³-hybridized carbons (Fsp3) is 0.300. The van der Waals surface area contributed by atoms with E-state index >= 15 is 0 Å². The zero-order chi connectivity index (χ0) is 21.2. The number of rotatable bonds is 3. The molecule has 0 N–H and O–H groups in total. The smallest absolute Gasteiger partial charge is 0.298 e. The third-order valence-corrected chi connectivity index (χ3v) is 5.84. The fourth-order valence-electron chi connectivity index (χ4n) is 3.64. The Hall–Kier alpha value is -3.13. The fourth-order valence-corrected chi connectivity index (χ4v) is 3.81. The lowest BCUT2D eigenvalue weighted by molar-refractivity contribution is -0.119. The van der Waals surface area contributed by atoms with E-state index in [9.17, 15) is 14.4 Å². The van der Waals surface area contributed by atoms with E-state index in [0.29, 0.717) is 10.8 Å². The van der Waals surface area contributed by atoms with Crippen molar-refractivity contribution < 1.29 is 4.79 Å². The topological polar surface area (TPSA) is 83.3 Å². The van der Waals surface area contributed by atoms with Crippen molar-refractivity contribution >= 4 is 34.3 Å². The van der Waals surface area contributed by atoms with Crippen molar-refractivity contribution in [3.63, 3.8) is 0 Å². The van der Waals surface area contributed by atoms with Gasteiger partial charge in [0.15, 0.2) is 16.9 Å². The number of fused-ring (bicyclic) bond motifs is 3. The van der Waals surface area contributed by atoms with Crippen molar-refractivity contribution in [3.05, 3.63) is 61.5 Å². The highest BCUT2D eigenvalue weighted by Crippen LogP contribution is 2.27. The van der Waals surface area contributed by atoms with Gasteiger partial charge in [0.1, 0.15) is 0 Å². The van der Waals surface area contributed by atoms with Crippen LogP contribution in [0.25, 0.3) is 22.6 Å². The molecule has 3 heterocycles. The molecule has 0 aliphatic rings. The zero-order valence-corrected chi connectivity index (χ0v) is 17.5. The second-order valence-corrected chi connectivity index (χ2v) is 7.65. The van der Waals surface area contributed by atoms with E-state index in [1.807, 2.05) is 36.6 Å². The van der Waals surface area contributed by atoms with Gasteiger partial charge in [0.25, 0.3) is 5.56 Å². The summed E-state index contributed by atoms with van der Waals surface area (Å²) < 4.78 is 5.84. The minimum atomic E-state index is -0.866. The van der Waals surface area contributed by atoms with Crippen LogP contribution in [0.3, 0.4) is 0 Å². The van der Waals surface area contributed by atoms with Gasteiger partial charge in [-0.2, -0.15) is 4.98 Å². The number of nitrogens with zero attached hydrogens (tertiary/aromatic N) is 5. The van der Waals surface area contributed by atoms with Crippen molar-refractivity contribution in [1.82, 2.24) is 23.1 Å². The number of halogens is 1. The van der Waals surface area contributed by atoms with Crippen LogP contribution < -0.4 is 11.2 Å². The average Bonchev–Trinajstić information content (AvgIpc) is 3.17. The summed E-state index contributed by atoms with van der Waals surface area (Å²) in [5, 5.41) is 0.620. The summed E-state index contributed by atoms with van der Waals surface area (Å²) in [5.74, 6) is 0.218.